The highest BCUT2D eigenvalue weighted by molar-refractivity contribution is 5.82. The Morgan fingerprint density at radius 1 is 0.962 bits per heavy atom. The molecule has 5 heteroatoms. The van der Waals surface area contributed by atoms with Crippen LogP contribution in [0, 0.1) is 20.8 Å². The van der Waals surface area contributed by atoms with Gasteiger partial charge in [-0.3, -0.25) is 14.8 Å². The Morgan fingerprint density at radius 2 is 1.65 bits per heavy atom. The van der Waals surface area contributed by atoms with Gasteiger partial charge in [0, 0.05) is 55.9 Å². The zero-order valence-electron chi connectivity index (χ0n) is 15.8. The maximum atomic E-state index is 5.30. The third-order valence-corrected chi connectivity index (χ3v) is 5.35. The molecule has 4 rings (SSSR count). The van der Waals surface area contributed by atoms with E-state index in [1.807, 2.05) is 13.8 Å². The first-order valence-electron chi connectivity index (χ1n) is 9.32. The molecule has 3 heterocycles. The molecule has 0 amide bonds. The normalized spacial score (nSPS) is 16.4. The van der Waals surface area contributed by atoms with E-state index in [1.54, 1.807) is 0 Å². The van der Waals surface area contributed by atoms with Crippen LogP contribution in [0.1, 0.15) is 28.3 Å². The number of hydrogen-bond donors (Lipinski definition) is 0. The van der Waals surface area contributed by atoms with E-state index in [0.29, 0.717) is 0 Å². The molecule has 0 atom stereocenters. The van der Waals surface area contributed by atoms with Crippen molar-refractivity contribution in [2.75, 3.05) is 26.2 Å². The summed E-state index contributed by atoms with van der Waals surface area (Å²) in [5.74, 6) is 0.948. The van der Waals surface area contributed by atoms with E-state index in [-0.39, 0.29) is 0 Å². The van der Waals surface area contributed by atoms with Crippen LogP contribution in [0.15, 0.2) is 34.9 Å². The molecule has 0 N–H and O–H groups in total. The summed E-state index contributed by atoms with van der Waals surface area (Å²) in [6.45, 7) is 12.4. The lowest BCUT2D eigenvalue weighted by molar-refractivity contribution is 0.122. The lowest BCUT2D eigenvalue weighted by atomic mass is 10.1. The predicted molar refractivity (Wildman–Crippen MR) is 103 cm³/mol. The van der Waals surface area contributed by atoms with Gasteiger partial charge in [0.2, 0.25) is 0 Å². The van der Waals surface area contributed by atoms with Crippen molar-refractivity contribution in [1.29, 1.82) is 0 Å². The molecule has 5 nitrogen and oxygen atoms in total. The molecule has 0 unspecified atom stereocenters. The topological polar surface area (TPSA) is 45.4 Å². The maximum Gasteiger partial charge on any atom is 0.138 e. The summed E-state index contributed by atoms with van der Waals surface area (Å²) in [6.07, 6.45) is 0. The number of benzene rings is 1. The number of rotatable bonds is 4. The van der Waals surface area contributed by atoms with E-state index >= 15 is 0 Å². The first kappa shape index (κ1) is 17.2. The van der Waals surface area contributed by atoms with Gasteiger partial charge >= 0.3 is 0 Å². The number of hydrogen-bond acceptors (Lipinski definition) is 5. The molecule has 1 aromatic carbocycles. The molecule has 2 aromatic heterocycles. The molecule has 3 aromatic rings. The molecular formula is C21H26N4O. The lowest BCUT2D eigenvalue weighted by Crippen LogP contribution is -2.45. The number of aryl methyl sites for hydroxylation is 3. The standard InChI is InChI=1S/C21H26N4O/c1-15-12-18(19-6-4-5-7-21(19)22-15)13-24-8-10-25(11-9-24)14-20-16(2)23-26-17(20)3/h4-7,12H,8-11,13-14H2,1-3H3. The van der Waals surface area contributed by atoms with Crippen LogP contribution in [0.5, 0.6) is 0 Å². The monoisotopic (exact) mass is 350 g/mol. The SMILES string of the molecule is Cc1cc(CN2CCN(Cc3c(C)noc3C)CC2)c2ccccc2n1. The van der Waals surface area contributed by atoms with Crippen LogP contribution in [-0.2, 0) is 13.1 Å². The molecule has 136 valence electrons. The Balaban J connectivity index is 1.42. The minimum Gasteiger partial charge on any atom is -0.361 e. The van der Waals surface area contributed by atoms with E-state index in [1.165, 1.54) is 16.5 Å². The molecule has 0 spiro atoms. The quantitative estimate of drug-likeness (QED) is 0.721. The summed E-state index contributed by atoms with van der Waals surface area (Å²) in [7, 11) is 0. The molecule has 1 fully saturated rings. The molecule has 26 heavy (non-hydrogen) atoms. The van der Waals surface area contributed by atoms with Gasteiger partial charge < -0.3 is 4.52 Å². The highest BCUT2D eigenvalue weighted by Crippen LogP contribution is 2.21. The molecule has 0 radical (unpaired) electrons. The number of pyridine rings is 1. The Hall–Kier alpha value is -2.24. The fraction of sp³-hybridized carbons (Fsp3) is 0.429. The van der Waals surface area contributed by atoms with E-state index in [2.05, 4.69) is 57.2 Å². The van der Waals surface area contributed by atoms with Gasteiger partial charge in [-0.2, -0.15) is 0 Å². The van der Waals surface area contributed by atoms with Crippen molar-refractivity contribution >= 4 is 10.9 Å². The fourth-order valence-electron chi connectivity index (χ4n) is 3.82. The van der Waals surface area contributed by atoms with Crippen LogP contribution < -0.4 is 0 Å². The van der Waals surface area contributed by atoms with Gasteiger partial charge in [0.1, 0.15) is 5.76 Å². The van der Waals surface area contributed by atoms with E-state index < -0.39 is 0 Å². The zero-order chi connectivity index (χ0) is 18.1. The van der Waals surface area contributed by atoms with Gasteiger partial charge in [0.05, 0.1) is 11.2 Å². The maximum absolute atomic E-state index is 5.30. The number of nitrogens with zero attached hydrogens (tertiary/aromatic N) is 4. The summed E-state index contributed by atoms with van der Waals surface area (Å²) in [5, 5.41) is 5.35. The smallest absolute Gasteiger partial charge is 0.138 e. The van der Waals surface area contributed by atoms with E-state index in [4.69, 9.17) is 4.52 Å². The van der Waals surface area contributed by atoms with Gasteiger partial charge in [-0.1, -0.05) is 23.4 Å². The first-order valence-corrected chi connectivity index (χ1v) is 9.32. The Bertz CT molecular complexity index is 890. The molecule has 1 saturated heterocycles. The highest BCUT2D eigenvalue weighted by atomic mass is 16.5. The van der Waals surface area contributed by atoms with Gasteiger partial charge in [0.15, 0.2) is 0 Å². The van der Waals surface area contributed by atoms with Crippen LogP contribution in [0.3, 0.4) is 0 Å². The summed E-state index contributed by atoms with van der Waals surface area (Å²) < 4.78 is 5.30. The second kappa shape index (κ2) is 7.17. The number of fused-ring (bicyclic) bond motifs is 1. The largest absolute Gasteiger partial charge is 0.361 e. The zero-order valence-corrected chi connectivity index (χ0v) is 15.8. The average Bonchev–Trinajstić information content (AvgIpc) is 2.95. The van der Waals surface area contributed by atoms with Gasteiger partial charge in [-0.25, -0.2) is 0 Å². The Labute approximate surface area is 154 Å². The molecule has 1 aliphatic heterocycles. The van der Waals surface area contributed by atoms with Crippen LogP contribution in [-0.4, -0.2) is 46.1 Å². The second-order valence-electron chi connectivity index (χ2n) is 7.29. The number of aromatic nitrogens is 2. The predicted octanol–water partition coefficient (Wildman–Crippen LogP) is 3.47. The summed E-state index contributed by atoms with van der Waals surface area (Å²) in [6, 6.07) is 10.7. The number of para-hydroxylation sites is 1. The van der Waals surface area contributed by atoms with Crippen LogP contribution in [0.2, 0.25) is 0 Å². The Morgan fingerprint density at radius 3 is 2.35 bits per heavy atom. The molecule has 1 aliphatic rings. The molecule has 0 bridgehead atoms. The lowest BCUT2D eigenvalue weighted by Gasteiger charge is -2.34. The van der Waals surface area contributed by atoms with E-state index in [0.717, 1.165) is 61.9 Å². The van der Waals surface area contributed by atoms with Gasteiger partial charge in [0.25, 0.3) is 0 Å². The van der Waals surface area contributed by atoms with Crippen molar-refractivity contribution in [3.63, 3.8) is 0 Å². The van der Waals surface area contributed by atoms with Crippen molar-refractivity contribution in [3.05, 3.63) is 58.6 Å². The first-order chi connectivity index (χ1) is 12.6. The summed E-state index contributed by atoms with van der Waals surface area (Å²) >= 11 is 0. The van der Waals surface area contributed by atoms with Gasteiger partial charge in [-0.05, 0) is 38.5 Å². The van der Waals surface area contributed by atoms with Crippen LogP contribution >= 0.6 is 0 Å². The van der Waals surface area contributed by atoms with E-state index in [9.17, 15) is 0 Å². The van der Waals surface area contributed by atoms with Crippen molar-refractivity contribution in [2.45, 2.75) is 33.9 Å². The molecule has 0 saturated carbocycles. The summed E-state index contributed by atoms with van der Waals surface area (Å²) in [4.78, 5) is 9.70. The van der Waals surface area contributed by atoms with Crippen LogP contribution in [0.25, 0.3) is 10.9 Å². The van der Waals surface area contributed by atoms with Crippen molar-refractivity contribution in [2.24, 2.45) is 0 Å². The van der Waals surface area contributed by atoms with Crippen molar-refractivity contribution in [3.8, 4) is 0 Å². The fourth-order valence-corrected chi connectivity index (χ4v) is 3.82. The molecular weight excluding hydrogens is 324 g/mol. The minimum atomic E-state index is 0.937. The third kappa shape index (κ3) is 3.50. The minimum absolute atomic E-state index is 0.937. The average molecular weight is 350 g/mol. The van der Waals surface area contributed by atoms with Crippen LogP contribution in [0.4, 0.5) is 0 Å². The van der Waals surface area contributed by atoms with Crippen molar-refractivity contribution < 1.29 is 4.52 Å². The van der Waals surface area contributed by atoms with Gasteiger partial charge in [-0.15, -0.1) is 0 Å². The molecule has 0 aliphatic carbocycles. The summed E-state index contributed by atoms with van der Waals surface area (Å²) in [5.41, 5.74) is 5.83. The second-order valence-corrected chi connectivity index (χ2v) is 7.29. The third-order valence-electron chi connectivity index (χ3n) is 5.35. The number of piperazine rings is 1. The Kier molecular flexibility index (Phi) is 4.74. The highest BCUT2D eigenvalue weighted by Gasteiger charge is 2.20. The van der Waals surface area contributed by atoms with Crippen molar-refractivity contribution in [1.82, 2.24) is 19.9 Å².